The zero-order valence-corrected chi connectivity index (χ0v) is 26.6. The summed E-state index contributed by atoms with van der Waals surface area (Å²) in [5.41, 5.74) is 9.76. The molecule has 0 aliphatic heterocycles. The lowest BCUT2D eigenvalue weighted by molar-refractivity contribution is -0.117. The first-order chi connectivity index (χ1) is 22.0. The summed E-state index contributed by atoms with van der Waals surface area (Å²) in [6.45, 7) is 6.15. The first-order valence-corrected chi connectivity index (χ1v) is 14.9. The van der Waals surface area contributed by atoms with Gasteiger partial charge in [-0.3, -0.25) is 9.78 Å². The number of rotatable bonds is 10. The number of anilines is 2. The molecule has 0 spiro atoms. The van der Waals surface area contributed by atoms with Crippen molar-refractivity contribution in [3.63, 3.8) is 0 Å². The molecule has 0 saturated carbocycles. The van der Waals surface area contributed by atoms with E-state index >= 15 is 0 Å². The number of primary amides is 1. The number of pyridine rings is 1. The van der Waals surface area contributed by atoms with Crippen LogP contribution in [0.15, 0.2) is 91.1 Å². The van der Waals surface area contributed by atoms with E-state index in [-0.39, 0.29) is 11.8 Å². The van der Waals surface area contributed by atoms with Gasteiger partial charge in [-0.15, -0.1) is 0 Å². The summed E-state index contributed by atoms with van der Waals surface area (Å²) in [6.07, 6.45) is 2.33. The van der Waals surface area contributed by atoms with Gasteiger partial charge >= 0.3 is 6.03 Å². The van der Waals surface area contributed by atoms with Gasteiger partial charge in [0.2, 0.25) is 5.91 Å². The van der Waals surface area contributed by atoms with Crippen LogP contribution in [0, 0.1) is 0 Å². The molecule has 0 bridgehead atoms. The molecule has 0 saturated heterocycles. The van der Waals surface area contributed by atoms with Crippen molar-refractivity contribution in [2.45, 2.75) is 39.0 Å². The lowest BCUT2D eigenvalue weighted by Gasteiger charge is -2.23. The van der Waals surface area contributed by atoms with Gasteiger partial charge in [0.1, 0.15) is 23.0 Å². The van der Waals surface area contributed by atoms with Gasteiger partial charge in [-0.05, 0) is 52.9 Å². The number of nitrogens with two attached hydrogens (primary N) is 1. The van der Waals surface area contributed by atoms with E-state index in [0.717, 1.165) is 33.3 Å². The molecule has 0 atom stereocenters. The number of hydrogen-bond acceptors (Lipinski definition) is 6. The van der Waals surface area contributed by atoms with Gasteiger partial charge in [-0.1, -0.05) is 63.2 Å². The maximum absolute atomic E-state index is 13.4. The number of hydrogen-bond donors (Lipinski definition) is 3. The van der Waals surface area contributed by atoms with E-state index in [1.54, 1.807) is 19.4 Å². The molecule has 5 aromatic rings. The number of nitrogens with one attached hydrogen (secondary N) is 2. The molecule has 3 amide bonds. The van der Waals surface area contributed by atoms with Crippen LogP contribution in [0.3, 0.4) is 0 Å². The van der Waals surface area contributed by atoms with Gasteiger partial charge in [-0.25, -0.2) is 4.79 Å². The molecule has 0 aliphatic carbocycles. The molecule has 9 nitrogen and oxygen atoms in total. The number of urea groups is 1. The summed E-state index contributed by atoms with van der Waals surface area (Å²) in [5.74, 6) is 1.97. The Labute approximate surface area is 268 Å². The van der Waals surface area contributed by atoms with Crippen molar-refractivity contribution >= 4 is 34.1 Å². The second-order valence-corrected chi connectivity index (χ2v) is 12.0. The molecule has 4 aromatic carbocycles. The highest BCUT2D eigenvalue weighted by Crippen LogP contribution is 2.37. The van der Waals surface area contributed by atoms with Crippen LogP contribution in [0.1, 0.15) is 43.2 Å². The summed E-state index contributed by atoms with van der Waals surface area (Å²) in [5, 5.41) is 7.50. The minimum atomic E-state index is -0.492. The Morgan fingerprint density at radius 2 is 1.57 bits per heavy atom. The topological polar surface area (TPSA) is 125 Å². The lowest BCUT2D eigenvalue weighted by Crippen LogP contribution is -2.22. The highest BCUT2D eigenvalue weighted by molar-refractivity contribution is 6.08. The third-order valence-corrected chi connectivity index (χ3v) is 7.52. The predicted octanol–water partition coefficient (Wildman–Crippen LogP) is 7.60. The first kappa shape index (κ1) is 31.8. The Kier molecular flexibility index (Phi) is 9.42. The van der Waals surface area contributed by atoms with Crippen LogP contribution in [-0.4, -0.2) is 31.1 Å². The maximum atomic E-state index is 13.4. The van der Waals surface area contributed by atoms with Gasteiger partial charge in [-0.2, -0.15) is 0 Å². The molecule has 1 heterocycles. The molecule has 0 radical (unpaired) electrons. The Morgan fingerprint density at radius 1 is 0.804 bits per heavy atom. The molecule has 4 N–H and O–H groups in total. The van der Waals surface area contributed by atoms with E-state index in [0.29, 0.717) is 40.6 Å². The number of aromatic nitrogens is 1. The first-order valence-electron chi connectivity index (χ1n) is 14.9. The van der Waals surface area contributed by atoms with Gasteiger partial charge in [0.05, 0.1) is 32.0 Å². The van der Waals surface area contributed by atoms with E-state index in [4.69, 9.17) is 19.9 Å². The molecule has 46 heavy (non-hydrogen) atoms. The Morgan fingerprint density at radius 3 is 2.28 bits per heavy atom. The van der Waals surface area contributed by atoms with Crippen molar-refractivity contribution in [1.29, 1.82) is 0 Å². The molecule has 0 fully saturated rings. The monoisotopic (exact) mass is 618 g/mol. The molecule has 9 heteroatoms. The highest BCUT2D eigenvalue weighted by atomic mass is 16.5. The van der Waals surface area contributed by atoms with Crippen molar-refractivity contribution in [2.24, 2.45) is 5.73 Å². The maximum Gasteiger partial charge on any atom is 0.323 e. The minimum absolute atomic E-state index is 0.0184. The minimum Gasteiger partial charge on any atom is -0.497 e. The van der Waals surface area contributed by atoms with Crippen LogP contribution < -0.4 is 30.6 Å². The van der Waals surface area contributed by atoms with Crippen LogP contribution >= 0.6 is 0 Å². The van der Waals surface area contributed by atoms with Crippen molar-refractivity contribution in [1.82, 2.24) is 4.98 Å². The summed E-state index contributed by atoms with van der Waals surface area (Å²) in [4.78, 5) is 29.7. The zero-order valence-electron chi connectivity index (χ0n) is 26.6. The number of nitrogens with zero attached hydrogens (tertiary/aromatic N) is 1. The van der Waals surface area contributed by atoms with Gasteiger partial charge in [0.15, 0.2) is 0 Å². The number of carbonyl (C=O) groups excluding carboxylic acids is 2. The van der Waals surface area contributed by atoms with Crippen LogP contribution in [0.4, 0.5) is 16.2 Å². The standard InChI is InChI=1S/C37H38N4O5/c1-37(2,3)25-19-24(20-34(38)42)35(45-5)32(21-25)41-36(43)40-31-13-14-33(30-12-7-6-11-29(30)31)46-28-15-16-39-26(22-28)17-23-9-8-10-27(18-23)44-4/h6-16,18-19,21-22H,17,20H2,1-5H3,(H2,38,42)(H2,40,41,43). The number of carbonyl (C=O) groups is 2. The summed E-state index contributed by atoms with van der Waals surface area (Å²) >= 11 is 0. The van der Waals surface area contributed by atoms with Crippen molar-refractivity contribution in [3.8, 4) is 23.0 Å². The van der Waals surface area contributed by atoms with Gasteiger partial charge in [0, 0.05) is 40.7 Å². The second kappa shape index (κ2) is 13.6. The van der Waals surface area contributed by atoms with Crippen molar-refractivity contribution in [2.75, 3.05) is 24.9 Å². The molecular weight excluding hydrogens is 580 g/mol. The molecular formula is C37H38N4O5. The van der Waals surface area contributed by atoms with E-state index in [1.807, 2.05) is 78.9 Å². The number of methoxy groups -OCH3 is 2. The van der Waals surface area contributed by atoms with E-state index < -0.39 is 11.9 Å². The van der Waals surface area contributed by atoms with Gasteiger partial charge < -0.3 is 30.6 Å². The van der Waals surface area contributed by atoms with E-state index in [1.165, 1.54) is 7.11 Å². The number of amides is 3. The average Bonchev–Trinajstić information content (AvgIpc) is 3.01. The van der Waals surface area contributed by atoms with Crippen LogP contribution in [0.25, 0.3) is 10.8 Å². The Hall–Kier alpha value is -5.57. The fourth-order valence-corrected chi connectivity index (χ4v) is 5.25. The average molecular weight is 619 g/mol. The largest absolute Gasteiger partial charge is 0.497 e. The normalized spacial score (nSPS) is 11.2. The predicted molar refractivity (Wildman–Crippen MR) is 181 cm³/mol. The summed E-state index contributed by atoms with van der Waals surface area (Å²) in [6, 6.07) is 26.2. The molecule has 5 rings (SSSR count). The van der Waals surface area contributed by atoms with Crippen LogP contribution in [0.5, 0.6) is 23.0 Å². The Balaban J connectivity index is 1.38. The summed E-state index contributed by atoms with van der Waals surface area (Å²) < 4.78 is 17.3. The van der Waals surface area contributed by atoms with E-state index in [9.17, 15) is 9.59 Å². The smallest absolute Gasteiger partial charge is 0.323 e. The summed E-state index contributed by atoms with van der Waals surface area (Å²) in [7, 11) is 3.15. The SMILES string of the molecule is COc1cccc(Cc2cc(Oc3ccc(NC(=O)Nc4cc(C(C)(C)C)cc(CC(N)=O)c4OC)c4ccccc34)ccn2)c1. The van der Waals surface area contributed by atoms with Gasteiger partial charge in [0.25, 0.3) is 0 Å². The number of ether oxygens (including phenoxy) is 3. The third kappa shape index (κ3) is 7.55. The zero-order chi connectivity index (χ0) is 32.8. The van der Waals surface area contributed by atoms with Crippen molar-refractivity contribution in [3.05, 3.63) is 114 Å². The lowest BCUT2D eigenvalue weighted by atomic mass is 9.85. The second-order valence-electron chi connectivity index (χ2n) is 12.0. The number of fused-ring (bicyclic) bond motifs is 1. The van der Waals surface area contributed by atoms with Crippen LogP contribution in [-0.2, 0) is 23.1 Å². The fourth-order valence-electron chi connectivity index (χ4n) is 5.25. The number of benzene rings is 4. The third-order valence-electron chi connectivity index (χ3n) is 7.52. The Bertz CT molecular complexity index is 1900. The molecule has 0 aliphatic rings. The molecule has 1 aromatic heterocycles. The van der Waals surface area contributed by atoms with Crippen LogP contribution in [0.2, 0.25) is 0 Å². The molecule has 0 unspecified atom stereocenters. The quantitative estimate of drug-likeness (QED) is 0.148. The fraction of sp³-hybridized carbons (Fsp3) is 0.216. The van der Waals surface area contributed by atoms with E-state index in [2.05, 4.69) is 36.4 Å². The molecule has 236 valence electrons. The highest BCUT2D eigenvalue weighted by Gasteiger charge is 2.22. The van der Waals surface area contributed by atoms with Crippen molar-refractivity contribution < 1.29 is 23.8 Å².